The smallest absolute Gasteiger partial charge is 0.258 e. The molecule has 3 aromatic rings. The van der Waals surface area contributed by atoms with E-state index in [4.69, 9.17) is 0 Å². The summed E-state index contributed by atoms with van der Waals surface area (Å²) in [7, 11) is 0. The van der Waals surface area contributed by atoms with E-state index in [9.17, 15) is 18.8 Å². The lowest BCUT2D eigenvalue weighted by Gasteiger charge is -2.20. The van der Waals surface area contributed by atoms with Gasteiger partial charge in [-0.15, -0.1) is 0 Å². The van der Waals surface area contributed by atoms with Crippen LogP contribution in [0, 0.1) is 23.0 Å². The van der Waals surface area contributed by atoms with Crippen LogP contribution in [0.1, 0.15) is 21.5 Å². The van der Waals surface area contributed by atoms with Crippen LogP contribution < -0.4 is 4.90 Å². The maximum absolute atomic E-state index is 14.0. The number of fused-ring (bicyclic) bond motifs is 1. The highest BCUT2D eigenvalue weighted by Crippen LogP contribution is 2.34. The first-order chi connectivity index (χ1) is 13.1. The summed E-state index contributed by atoms with van der Waals surface area (Å²) in [6.07, 6.45) is 0.337. The maximum Gasteiger partial charge on any atom is 0.258 e. The Kier molecular flexibility index (Phi) is 4.17. The van der Waals surface area contributed by atoms with Gasteiger partial charge in [0.05, 0.1) is 17.3 Å². The molecule has 0 aliphatic carbocycles. The van der Waals surface area contributed by atoms with Crippen molar-refractivity contribution in [3.8, 4) is 17.2 Å². The van der Waals surface area contributed by atoms with Crippen molar-refractivity contribution in [2.45, 2.75) is 6.42 Å². The van der Waals surface area contributed by atoms with Gasteiger partial charge in [0.15, 0.2) is 0 Å². The Bertz CT molecular complexity index is 1100. The van der Waals surface area contributed by atoms with Crippen molar-refractivity contribution >= 4 is 11.6 Å². The third-order valence-corrected chi connectivity index (χ3v) is 4.75. The number of carbonyl (C=O) groups is 1. The van der Waals surface area contributed by atoms with E-state index in [1.54, 1.807) is 48.5 Å². The molecule has 3 nitrogen and oxygen atoms in total. The number of hydrogen-bond acceptors (Lipinski definition) is 2. The van der Waals surface area contributed by atoms with Gasteiger partial charge in [-0.05, 0) is 30.2 Å². The molecule has 0 atom stereocenters. The summed E-state index contributed by atoms with van der Waals surface area (Å²) < 4.78 is 27.7. The first kappa shape index (κ1) is 16.9. The van der Waals surface area contributed by atoms with E-state index in [0.29, 0.717) is 34.2 Å². The molecular formula is C22H14F2N2O. The molecule has 0 aromatic heterocycles. The van der Waals surface area contributed by atoms with Crippen molar-refractivity contribution in [1.82, 2.24) is 0 Å². The summed E-state index contributed by atoms with van der Waals surface area (Å²) in [4.78, 5) is 14.6. The van der Waals surface area contributed by atoms with E-state index in [0.717, 1.165) is 6.07 Å². The van der Waals surface area contributed by atoms with E-state index < -0.39 is 11.6 Å². The molecule has 1 amide bonds. The van der Waals surface area contributed by atoms with Gasteiger partial charge >= 0.3 is 0 Å². The number of hydrogen-bond donors (Lipinski definition) is 0. The monoisotopic (exact) mass is 360 g/mol. The average Bonchev–Trinajstić information content (AvgIpc) is 3.11. The third kappa shape index (κ3) is 2.85. The lowest BCUT2D eigenvalue weighted by Crippen LogP contribution is -2.29. The Labute approximate surface area is 155 Å². The number of anilines is 1. The molecule has 0 fully saturated rings. The van der Waals surface area contributed by atoms with Crippen molar-refractivity contribution in [2.24, 2.45) is 0 Å². The minimum absolute atomic E-state index is 0.265. The van der Waals surface area contributed by atoms with Crippen LogP contribution in [0.4, 0.5) is 14.5 Å². The fraction of sp³-hybridized carbons (Fsp3) is 0.0909. The number of nitriles is 1. The molecule has 4 rings (SSSR count). The number of nitrogens with zero attached hydrogens (tertiary/aromatic N) is 2. The molecule has 5 heteroatoms. The number of amides is 1. The molecule has 1 aliphatic rings. The Hall–Kier alpha value is -3.52. The molecule has 0 N–H and O–H groups in total. The topological polar surface area (TPSA) is 44.1 Å². The fourth-order valence-corrected chi connectivity index (χ4v) is 3.50. The molecule has 1 heterocycles. The lowest BCUT2D eigenvalue weighted by molar-refractivity contribution is 0.0990. The van der Waals surface area contributed by atoms with Crippen molar-refractivity contribution in [3.05, 3.63) is 89.0 Å². The summed E-state index contributed by atoms with van der Waals surface area (Å²) in [5, 5.41) is 9.38. The zero-order valence-corrected chi connectivity index (χ0v) is 14.2. The highest BCUT2D eigenvalue weighted by Gasteiger charge is 2.30. The summed E-state index contributed by atoms with van der Waals surface area (Å²) in [5.41, 5.74) is 2.72. The zero-order valence-electron chi connectivity index (χ0n) is 14.2. The molecule has 0 radical (unpaired) electrons. The molecule has 27 heavy (non-hydrogen) atoms. The van der Waals surface area contributed by atoms with Gasteiger partial charge in [-0.25, -0.2) is 8.78 Å². The van der Waals surface area contributed by atoms with Gasteiger partial charge in [-0.3, -0.25) is 4.79 Å². The van der Waals surface area contributed by atoms with Crippen LogP contribution in [0.25, 0.3) is 11.1 Å². The van der Waals surface area contributed by atoms with Gasteiger partial charge in [0.25, 0.3) is 5.91 Å². The molecule has 0 bridgehead atoms. The highest BCUT2D eigenvalue weighted by molar-refractivity contribution is 6.11. The number of carbonyl (C=O) groups excluding carboxylic acids is 1. The fourth-order valence-electron chi connectivity index (χ4n) is 3.50. The predicted octanol–water partition coefficient (Wildman–Crippen LogP) is 4.71. The Balaban J connectivity index is 1.82. The summed E-state index contributed by atoms with van der Waals surface area (Å²) in [6.45, 7) is 0.281. The summed E-state index contributed by atoms with van der Waals surface area (Å²) in [5.74, 6) is -1.69. The van der Waals surface area contributed by atoms with Crippen LogP contribution in [-0.2, 0) is 6.42 Å². The SMILES string of the molecule is N#Cc1ccccc1-c1ccccc1C(=O)N1CCc2c(F)cc(F)cc21. The maximum atomic E-state index is 14.0. The molecule has 3 aromatic carbocycles. The molecule has 0 saturated carbocycles. The summed E-state index contributed by atoms with van der Waals surface area (Å²) in [6, 6.07) is 18.1. The van der Waals surface area contributed by atoms with Gasteiger partial charge in [0, 0.05) is 29.3 Å². The predicted molar refractivity (Wildman–Crippen MR) is 98.3 cm³/mol. The average molecular weight is 360 g/mol. The van der Waals surface area contributed by atoms with Crippen LogP contribution >= 0.6 is 0 Å². The van der Waals surface area contributed by atoms with Crippen LogP contribution in [0.2, 0.25) is 0 Å². The van der Waals surface area contributed by atoms with E-state index in [1.165, 1.54) is 11.0 Å². The minimum Gasteiger partial charge on any atom is -0.308 e. The minimum atomic E-state index is -0.714. The highest BCUT2D eigenvalue weighted by atomic mass is 19.1. The van der Waals surface area contributed by atoms with Gasteiger partial charge in [-0.1, -0.05) is 36.4 Å². The number of rotatable bonds is 2. The van der Waals surface area contributed by atoms with Crippen molar-refractivity contribution in [3.63, 3.8) is 0 Å². The molecule has 132 valence electrons. The normalized spacial score (nSPS) is 12.6. The van der Waals surface area contributed by atoms with Crippen LogP contribution in [0.5, 0.6) is 0 Å². The van der Waals surface area contributed by atoms with Crippen LogP contribution in [0.15, 0.2) is 60.7 Å². The van der Waals surface area contributed by atoms with Crippen molar-refractivity contribution < 1.29 is 13.6 Å². The van der Waals surface area contributed by atoms with Gasteiger partial charge in [-0.2, -0.15) is 5.26 Å². The first-order valence-corrected chi connectivity index (χ1v) is 8.48. The lowest BCUT2D eigenvalue weighted by atomic mass is 9.95. The molecule has 1 aliphatic heterocycles. The molecule has 0 spiro atoms. The van der Waals surface area contributed by atoms with Crippen LogP contribution in [-0.4, -0.2) is 12.5 Å². The Morgan fingerprint density at radius 1 is 1.00 bits per heavy atom. The van der Waals surface area contributed by atoms with Crippen molar-refractivity contribution in [2.75, 3.05) is 11.4 Å². The second-order valence-corrected chi connectivity index (χ2v) is 6.30. The van der Waals surface area contributed by atoms with E-state index >= 15 is 0 Å². The molecular weight excluding hydrogens is 346 g/mol. The van der Waals surface area contributed by atoms with E-state index in [1.807, 2.05) is 0 Å². The van der Waals surface area contributed by atoms with Crippen molar-refractivity contribution in [1.29, 1.82) is 5.26 Å². The van der Waals surface area contributed by atoms with Gasteiger partial charge in [0.1, 0.15) is 11.6 Å². The van der Waals surface area contributed by atoms with E-state index in [2.05, 4.69) is 6.07 Å². The largest absolute Gasteiger partial charge is 0.308 e. The standard InChI is InChI=1S/C22H14F2N2O/c23-15-11-20(24)19-9-10-26(21(19)12-15)22(27)18-8-4-3-7-17(18)16-6-2-1-5-14(16)13-25/h1-8,11-12H,9-10H2. The third-order valence-electron chi connectivity index (χ3n) is 4.75. The molecule has 0 saturated heterocycles. The second-order valence-electron chi connectivity index (χ2n) is 6.30. The quantitative estimate of drug-likeness (QED) is 0.664. The zero-order chi connectivity index (χ0) is 19.0. The second kappa shape index (κ2) is 6.65. The number of halogens is 2. The van der Waals surface area contributed by atoms with Gasteiger partial charge in [0.2, 0.25) is 0 Å². The van der Waals surface area contributed by atoms with Crippen LogP contribution in [0.3, 0.4) is 0 Å². The van der Waals surface area contributed by atoms with Gasteiger partial charge < -0.3 is 4.90 Å². The summed E-state index contributed by atoms with van der Waals surface area (Å²) >= 11 is 0. The number of benzene rings is 3. The Morgan fingerprint density at radius 2 is 1.70 bits per heavy atom. The first-order valence-electron chi connectivity index (χ1n) is 8.48. The van der Waals surface area contributed by atoms with E-state index in [-0.39, 0.29) is 18.1 Å². The Morgan fingerprint density at radius 3 is 2.48 bits per heavy atom. The molecule has 0 unspecified atom stereocenters.